The third-order valence-electron chi connectivity index (χ3n) is 8.63. The Bertz CT molecular complexity index is 2040. The first kappa shape index (κ1) is 48.6. The summed E-state index contributed by atoms with van der Waals surface area (Å²) in [5.74, 6) is 0. The molecule has 0 heterocycles. The molecule has 0 saturated heterocycles. The minimum atomic E-state index is 1.10. The molecule has 0 heteroatoms. The van der Waals surface area contributed by atoms with E-state index in [1.165, 1.54) is 71.3 Å². The number of hydrogen-bond acceptors (Lipinski definition) is 0. The van der Waals surface area contributed by atoms with E-state index in [0.717, 1.165) is 6.42 Å². The molecule has 9 rings (SSSR count). The van der Waals surface area contributed by atoms with Crippen molar-refractivity contribution in [1.82, 2.24) is 0 Å². The number of hydrogen-bond donors (Lipinski definition) is 0. The van der Waals surface area contributed by atoms with Crippen molar-refractivity contribution < 1.29 is 0 Å². The molecule has 1 aliphatic carbocycles. The Morgan fingerprint density at radius 3 is 0.946 bits per heavy atom. The Hall–Kier alpha value is -5.46. The van der Waals surface area contributed by atoms with Crippen molar-refractivity contribution in [3.8, 4) is 22.3 Å². The summed E-state index contributed by atoms with van der Waals surface area (Å²) in [4.78, 5) is 0. The summed E-state index contributed by atoms with van der Waals surface area (Å²) in [7, 11) is 0. The molecule has 0 aromatic heterocycles. The molecule has 0 unspecified atom stereocenters. The average Bonchev–Trinajstić information content (AvgIpc) is 3.70. The number of fused-ring (bicyclic) bond motifs is 6. The molecule has 1 aliphatic rings. The van der Waals surface area contributed by atoms with Crippen LogP contribution >= 0.6 is 0 Å². The highest BCUT2D eigenvalue weighted by Crippen LogP contribution is 2.39. The van der Waals surface area contributed by atoms with Crippen LogP contribution in [-0.4, -0.2) is 0 Å². The van der Waals surface area contributed by atoms with Gasteiger partial charge in [0.2, 0.25) is 0 Å². The predicted octanol–water partition coefficient (Wildman–Crippen LogP) is 18.2. The van der Waals surface area contributed by atoms with Gasteiger partial charge >= 0.3 is 0 Å². The van der Waals surface area contributed by atoms with Crippen molar-refractivity contribution in [2.75, 3.05) is 0 Å². The molecule has 0 nitrogen and oxygen atoms in total. The van der Waals surface area contributed by atoms with Crippen molar-refractivity contribution >= 4 is 32.3 Å². The molecule has 0 atom stereocenters. The summed E-state index contributed by atoms with van der Waals surface area (Å²) in [5.41, 5.74) is 9.74. The van der Waals surface area contributed by atoms with Gasteiger partial charge < -0.3 is 0 Å². The van der Waals surface area contributed by atoms with Crippen LogP contribution in [-0.2, 0) is 6.42 Å². The molecule has 0 fully saturated rings. The Balaban J connectivity index is 0.000000388. The Kier molecular flexibility index (Phi) is 25.1. The van der Waals surface area contributed by atoms with E-state index in [0.29, 0.717) is 0 Å². The highest BCUT2D eigenvalue weighted by atomic mass is 14.2. The first-order chi connectivity index (χ1) is 27.8. The summed E-state index contributed by atoms with van der Waals surface area (Å²) in [6.07, 6.45) is 1.10. The van der Waals surface area contributed by atoms with Crippen LogP contribution in [0.2, 0.25) is 0 Å². The van der Waals surface area contributed by atoms with Crippen LogP contribution in [0.1, 0.15) is 99.8 Å². The second kappa shape index (κ2) is 28.9. The average molecular weight is 743 g/mol. The monoisotopic (exact) mass is 743 g/mol. The Labute approximate surface area is 342 Å². The summed E-state index contributed by atoms with van der Waals surface area (Å²) >= 11 is 0. The van der Waals surface area contributed by atoms with E-state index >= 15 is 0 Å². The molecular formula is C56H70. The van der Waals surface area contributed by atoms with Gasteiger partial charge in [-0.25, -0.2) is 0 Å². The van der Waals surface area contributed by atoms with Gasteiger partial charge in [-0.1, -0.05) is 259 Å². The van der Waals surface area contributed by atoms with Gasteiger partial charge in [-0.05, 0) is 84.6 Å². The molecule has 0 saturated carbocycles. The summed E-state index contributed by atoms with van der Waals surface area (Å²) < 4.78 is 0. The zero-order valence-electron chi connectivity index (χ0n) is 37.0. The van der Waals surface area contributed by atoms with Crippen LogP contribution in [0.25, 0.3) is 54.6 Å². The Morgan fingerprint density at radius 2 is 0.571 bits per heavy atom. The Morgan fingerprint density at radius 1 is 0.286 bits per heavy atom. The zero-order valence-corrected chi connectivity index (χ0v) is 37.0. The van der Waals surface area contributed by atoms with Gasteiger partial charge in [-0.3, -0.25) is 0 Å². The van der Waals surface area contributed by atoms with Crippen molar-refractivity contribution in [3.63, 3.8) is 0 Å². The van der Waals surface area contributed by atoms with Crippen molar-refractivity contribution in [1.29, 1.82) is 0 Å². The standard InChI is InChI=1S/C21H16.C13H10.C10H8.6C2H6/c1-15-17-11-5-7-13-19(17)21(16-9-3-2-4-10-16)20-14-8-6-12-18(15)20;1-3-7-12-10(5-1)9-11-6-2-4-8-13(11)12;1-2-6-10-8-4-3-7-9(10)5-1;6*1-2/h2-14H,1H3;1-8H,9H2;1-8H;6*1-2H3. The lowest BCUT2D eigenvalue weighted by molar-refractivity contribution is 1.26. The normalized spacial score (nSPS) is 9.45. The maximum atomic E-state index is 2.23. The topological polar surface area (TPSA) is 0 Å². The van der Waals surface area contributed by atoms with Gasteiger partial charge in [0.05, 0.1) is 0 Å². The fourth-order valence-electron chi connectivity index (χ4n) is 6.47. The molecule has 0 radical (unpaired) electrons. The van der Waals surface area contributed by atoms with Crippen LogP contribution < -0.4 is 0 Å². The molecular weight excluding hydrogens is 673 g/mol. The predicted molar refractivity (Wildman–Crippen MR) is 258 cm³/mol. The fraction of sp³-hybridized carbons (Fsp3) is 0.250. The molecule has 8 aromatic carbocycles. The van der Waals surface area contributed by atoms with Gasteiger partial charge in [0.1, 0.15) is 0 Å². The van der Waals surface area contributed by atoms with Crippen LogP contribution in [0.4, 0.5) is 0 Å². The van der Waals surface area contributed by atoms with Crippen molar-refractivity contribution in [3.05, 3.63) is 193 Å². The maximum absolute atomic E-state index is 2.23. The molecule has 8 aromatic rings. The largest absolute Gasteiger partial charge is 0.0683 e. The number of rotatable bonds is 1. The van der Waals surface area contributed by atoms with E-state index in [4.69, 9.17) is 0 Å². The number of aryl methyl sites for hydroxylation is 1. The first-order valence-corrected chi connectivity index (χ1v) is 21.3. The molecule has 294 valence electrons. The quantitative estimate of drug-likeness (QED) is 0.147. The van der Waals surface area contributed by atoms with Gasteiger partial charge in [0.15, 0.2) is 0 Å². The fourth-order valence-corrected chi connectivity index (χ4v) is 6.47. The maximum Gasteiger partial charge on any atom is -0.00135 e. The van der Waals surface area contributed by atoms with Crippen molar-refractivity contribution in [2.45, 2.75) is 96.4 Å². The van der Waals surface area contributed by atoms with Crippen LogP contribution in [0.15, 0.2) is 176 Å². The second-order valence-corrected chi connectivity index (χ2v) is 11.3. The lowest BCUT2D eigenvalue weighted by Crippen LogP contribution is -1.88. The summed E-state index contributed by atoms with van der Waals surface area (Å²) in [5, 5.41) is 7.97. The number of benzene rings is 8. The highest BCUT2D eigenvalue weighted by Gasteiger charge is 2.16. The van der Waals surface area contributed by atoms with E-state index in [1.807, 2.05) is 83.1 Å². The third kappa shape index (κ3) is 12.8. The van der Waals surface area contributed by atoms with Crippen LogP contribution in [0.3, 0.4) is 0 Å². The SMILES string of the molecule is CC.CC.CC.CC.CC.CC.Cc1c2ccccc2c(-c2ccccc2)c2ccccc12.c1ccc2c(c1)Cc1ccccc1-2.c1ccc2ccccc2c1. The molecule has 0 aliphatic heterocycles. The molecule has 56 heavy (non-hydrogen) atoms. The van der Waals surface area contributed by atoms with Crippen LogP contribution in [0.5, 0.6) is 0 Å². The first-order valence-electron chi connectivity index (χ1n) is 21.3. The van der Waals surface area contributed by atoms with E-state index in [2.05, 4.69) is 183 Å². The van der Waals surface area contributed by atoms with E-state index < -0.39 is 0 Å². The summed E-state index contributed by atoms with van der Waals surface area (Å²) in [6.45, 7) is 26.2. The lowest BCUT2D eigenvalue weighted by atomic mass is 9.89. The summed E-state index contributed by atoms with van der Waals surface area (Å²) in [6, 6.07) is 62.1. The van der Waals surface area contributed by atoms with E-state index in [1.54, 1.807) is 0 Å². The minimum Gasteiger partial charge on any atom is -0.0683 e. The van der Waals surface area contributed by atoms with Gasteiger partial charge in [-0.15, -0.1) is 0 Å². The van der Waals surface area contributed by atoms with Gasteiger partial charge in [0.25, 0.3) is 0 Å². The third-order valence-corrected chi connectivity index (χ3v) is 8.63. The van der Waals surface area contributed by atoms with Gasteiger partial charge in [0, 0.05) is 0 Å². The highest BCUT2D eigenvalue weighted by molar-refractivity contribution is 6.14. The van der Waals surface area contributed by atoms with E-state index in [9.17, 15) is 0 Å². The van der Waals surface area contributed by atoms with E-state index in [-0.39, 0.29) is 0 Å². The molecule has 0 amide bonds. The smallest absolute Gasteiger partial charge is 0.00135 e. The zero-order chi connectivity index (χ0) is 41.7. The van der Waals surface area contributed by atoms with Crippen molar-refractivity contribution in [2.24, 2.45) is 0 Å². The molecule has 0 N–H and O–H groups in total. The molecule has 0 spiro atoms. The minimum absolute atomic E-state index is 1.10. The second-order valence-electron chi connectivity index (χ2n) is 11.3. The lowest BCUT2D eigenvalue weighted by Gasteiger charge is -2.15. The van der Waals surface area contributed by atoms with Gasteiger partial charge in [-0.2, -0.15) is 0 Å². The molecule has 0 bridgehead atoms. The van der Waals surface area contributed by atoms with Crippen LogP contribution in [0, 0.1) is 6.92 Å².